The summed E-state index contributed by atoms with van der Waals surface area (Å²) in [6, 6.07) is 4.09. The van der Waals surface area contributed by atoms with Crippen LogP contribution in [0.1, 0.15) is 22.4 Å². The average molecular weight is 311 g/mol. The molecule has 0 aliphatic rings. The number of nitrogens with one attached hydrogen (secondary N) is 2. The van der Waals surface area contributed by atoms with Crippen LogP contribution in [0.15, 0.2) is 16.9 Å². The molecule has 2 heterocycles. The topological polar surface area (TPSA) is 104 Å². The van der Waals surface area contributed by atoms with Crippen molar-refractivity contribution in [1.29, 1.82) is 0 Å². The normalized spacial score (nSPS) is 11.0. The van der Waals surface area contributed by atoms with Crippen molar-refractivity contribution in [2.75, 3.05) is 5.32 Å². The smallest absolute Gasteiger partial charge is 0.259 e. The Kier molecular flexibility index (Phi) is 3.48. The molecule has 0 aliphatic carbocycles. The van der Waals surface area contributed by atoms with Crippen molar-refractivity contribution in [3.8, 4) is 5.88 Å². The number of aromatic nitrogens is 4. The van der Waals surface area contributed by atoms with Gasteiger partial charge in [-0.15, -0.1) is 0 Å². The molecule has 3 aromatic rings. The molecule has 0 fully saturated rings. The van der Waals surface area contributed by atoms with Gasteiger partial charge in [-0.3, -0.25) is 15.1 Å². The molecular weight excluding hydrogens is 294 g/mol. The maximum atomic E-state index is 11.7. The van der Waals surface area contributed by atoms with E-state index in [0.717, 1.165) is 27.7 Å². The van der Waals surface area contributed by atoms with Crippen LogP contribution in [0.25, 0.3) is 10.9 Å². The van der Waals surface area contributed by atoms with Crippen LogP contribution in [0.5, 0.6) is 5.88 Å². The van der Waals surface area contributed by atoms with Gasteiger partial charge in [0.15, 0.2) is 0 Å². The zero-order valence-corrected chi connectivity index (χ0v) is 13.4. The Balaban J connectivity index is 2.09. The van der Waals surface area contributed by atoms with Crippen LogP contribution in [-0.2, 0) is 0 Å². The van der Waals surface area contributed by atoms with Crippen molar-refractivity contribution in [1.82, 2.24) is 19.9 Å². The molecule has 0 aliphatic heterocycles. The Morgan fingerprint density at radius 2 is 1.83 bits per heavy atom. The summed E-state index contributed by atoms with van der Waals surface area (Å²) in [5.41, 5.74) is 3.60. The van der Waals surface area contributed by atoms with E-state index in [2.05, 4.69) is 31.3 Å². The number of benzene rings is 1. The Labute approximate surface area is 132 Å². The lowest BCUT2D eigenvalue weighted by Gasteiger charge is -2.10. The number of aromatic hydroxyl groups is 1. The summed E-state index contributed by atoms with van der Waals surface area (Å²) >= 11 is 0. The molecule has 0 spiro atoms. The number of anilines is 2. The molecular formula is C16H17N5O2. The quantitative estimate of drug-likeness (QED) is 0.671. The molecule has 7 nitrogen and oxygen atoms in total. The fraction of sp³-hybridized carbons (Fsp3) is 0.250. The third kappa shape index (κ3) is 2.73. The van der Waals surface area contributed by atoms with E-state index in [0.29, 0.717) is 5.95 Å². The monoisotopic (exact) mass is 311 g/mol. The number of aryl methyl sites for hydroxylation is 3. The van der Waals surface area contributed by atoms with E-state index in [9.17, 15) is 9.90 Å². The minimum atomic E-state index is -0.413. The summed E-state index contributed by atoms with van der Waals surface area (Å²) < 4.78 is 0. The largest absolute Gasteiger partial charge is 0.493 e. The van der Waals surface area contributed by atoms with Crippen molar-refractivity contribution in [3.05, 3.63) is 44.9 Å². The van der Waals surface area contributed by atoms with Gasteiger partial charge >= 0.3 is 0 Å². The van der Waals surface area contributed by atoms with Crippen LogP contribution >= 0.6 is 0 Å². The van der Waals surface area contributed by atoms with Crippen LogP contribution in [0, 0.1) is 27.7 Å². The highest BCUT2D eigenvalue weighted by atomic mass is 16.3. The van der Waals surface area contributed by atoms with Crippen molar-refractivity contribution >= 4 is 22.8 Å². The fourth-order valence-electron chi connectivity index (χ4n) is 2.48. The SMILES string of the molecule is Cc1cc(C)c2nc(Nc3nc(O)c(C)c(=O)[nH]3)nc(C)c2c1. The molecule has 0 radical (unpaired) electrons. The van der Waals surface area contributed by atoms with Gasteiger partial charge in [0.1, 0.15) is 0 Å². The summed E-state index contributed by atoms with van der Waals surface area (Å²) in [7, 11) is 0. The van der Waals surface area contributed by atoms with Crippen LogP contribution in [0.3, 0.4) is 0 Å². The molecule has 23 heavy (non-hydrogen) atoms. The summed E-state index contributed by atoms with van der Waals surface area (Å²) in [5, 5.41) is 13.5. The summed E-state index contributed by atoms with van der Waals surface area (Å²) in [6.07, 6.45) is 0. The van der Waals surface area contributed by atoms with Crippen LogP contribution in [0.4, 0.5) is 11.9 Å². The Bertz CT molecular complexity index is 978. The maximum absolute atomic E-state index is 11.7. The molecule has 0 saturated carbocycles. The minimum absolute atomic E-state index is 0.0987. The lowest BCUT2D eigenvalue weighted by Crippen LogP contribution is -2.14. The molecule has 3 N–H and O–H groups in total. The van der Waals surface area contributed by atoms with E-state index in [-0.39, 0.29) is 17.4 Å². The first-order valence-corrected chi connectivity index (χ1v) is 7.17. The number of rotatable bonds is 2. The van der Waals surface area contributed by atoms with Gasteiger partial charge in [0, 0.05) is 5.39 Å². The van der Waals surface area contributed by atoms with Gasteiger partial charge in [0.25, 0.3) is 5.56 Å². The van der Waals surface area contributed by atoms with E-state index >= 15 is 0 Å². The fourth-order valence-corrected chi connectivity index (χ4v) is 2.48. The number of aromatic amines is 1. The van der Waals surface area contributed by atoms with Gasteiger partial charge in [0.05, 0.1) is 16.8 Å². The van der Waals surface area contributed by atoms with Gasteiger partial charge < -0.3 is 5.11 Å². The molecule has 2 aromatic heterocycles. The Hall–Kier alpha value is -2.96. The highest BCUT2D eigenvalue weighted by Gasteiger charge is 2.10. The molecule has 7 heteroatoms. The van der Waals surface area contributed by atoms with E-state index in [4.69, 9.17) is 0 Å². The highest BCUT2D eigenvalue weighted by molar-refractivity contribution is 5.85. The van der Waals surface area contributed by atoms with Gasteiger partial charge in [-0.25, -0.2) is 9.97 Å². The zero-order valence-electron chi connectivity index (χ0n) is 13.4. The zero-order chi connectivity index (χ0) is 16.7. The Morgan fingerprint density at radius 1 is 1.09 bits per heavy atom. The van der Waals surface area contributed by atoms with Crippen molar-refractivity contribution in [2.45, 2.75) is 27.7 Å². The van der Waals surface area contributed by atoms with E-state index in [1.807, 2.05) is 26.8 Å². The summed E-state index contributed by atoms with van der Waals surface area (Å²) in [6.45, 7) is 7.41. The van der Waals surface area contributed by atoms with Gasteiger partial charge in [-0.2, -0.15) is 4.98 Å². The second-order valence-electron chi connectivity index (χ2n) is 5.60. The van der Waals surface area contributed by atoms with Crippen molar-refractivity contribution < 1.29 is 5.11 Å². The molecule has 1 aromatic carbocycles. The summed E-state index contributed by atoms with van der Waals surface area (Å²) in [4.78, 5) is 27.0. The number of nitrogens with zero attached hydrogens (tertiary/aromatic N) is 3. The molecule has 0 saturated heterocycles. The third-order valence-corrected chi connectivity index (χ3v) is 3.68. The first kappa shape index (κ1) is 15.0. The second-order valence-corrected chi connectivity index (χ2v) is 5.60. The lowest BCUT2D eigenvalue weighted by molar-refractivity contribution is 0.447. The van der Waals surface area contributed by atoms with Crippen molar-refractivity contribution in [2.24, 2.45) is 0 Å². The van der Waals surface area contributed by atoms with Gasteiger partial charge in [0.2, 0.25) is 17.8 Å². The molecule has 0 unspecified atom stereocenters. The third-order valence-electron chi connectivity index (χ3n) is 3.68. The van der Waals surface area contributed by atoms with E-state index < -0.39 is 5.56 Å². The Morgan fingerprint density at radius 3 is 2.52 bits per heavy atom. The van der Waals surface area contributed by atoms with Gasteiger partial charge in [-0.1, -0.05) is 11.6 Å². The maximum Gasteiger partial charge on any atom is 0.259 e. The number of hydrogen-bond acceptors (Lipinski definition) is 6. The van der Waals surface area contributed by atoms with Gasteiger partial charge in [-0.05, 0) is 39.3 Å². The number of H-pyrrole nitrogens is 1. The first-order valence-electron chi connectivity index (χ1n) is 7.17. The molecule has 0 bridgehead atoms. The average Bonchev–Trinajstić information content (AvgIpc) is 2.46. The molecule has 0 amide bonds. The van der Waals surface area contributed by atoms with Crippen LogP contribution in [0.2, 0.25) is 0 Å². The van der Waals surface area contributed by atoms with E-state index in [1.54, 1.807) is 0 Å². The summed E-state index contributed by atoms with van der Waals surface area (Å²) in [5.74, 6) is 0.0931. The standard InChI is InChI=1S/C16H17N5O2/c1-7-5-8(2)12-11(6-7)10(4)17-15(18-12)21-16-19-13(22)9(3)14(23)20-16/h5-6H,1-4H3,(H3,17,18,19,20,21,22,23). The predicted octanol–water partition coefficient (Wildman–Crippen LogP) is 2.40. The number of fused-ring (bicyclic) bond motifs is 1. The predicted molar refractivity (Wildman–Crippen MR) is 88.3 cm³/mol. The lowest BCUT2D eigenvalue weighted by atomic mass is 10.1. The van der Waals surface area contributed by atoms with Crippen LogP contribution in [-0.4, -0.2) is 25.0 Å². The molecule has 0 atom stereocenters. The molecule has 3 rings (SSSR count). The first-order chi connectivity index (χ1) is 10.8. The number of hydrogen-bond donors (Lipinski definition) is 3. The highest BCUT2D eigenvalue weighted by Crippen LogP contribution is 2.23. The van der Waals surface area contributed by atoms with Crippen LogP contribution < -0.4 is 10.9 Å². The minimum Gasteiger partial charge on any atom is -0.493 e. The molecule has 118 valence electrons. The second kappa shape index (κ2) is 5.35. The van der Waals surface area contributed by atoms with E-state index in [1.165, 1.54) is 6.92 Å². The van der Waals surface area contributed by atoms with Crippen molar-refractivity contribution in [3.63, 3.8) is 0 Å².